The molecule has 1 aromatic rings. The zero-order chi connectivity index (χ0) is 22.1. The minimum absolute atomic E-state index is 0.00795. The van der Waals surface area contributed by atoms with Crippen molar-refractivity contribution in [2.45, 2.75) is 57.4 Å². The summed E-state index contributed by atoms with van der Waals surface area (Å²) >= 11 is 0. The summed E-state index contributed by atoms with van der Waals surface area (Å²) in [6, 6.07) is 7.08. The molecule has 3 rings (SSSR count). The quantitative estimate of drug-likeness (QED) is 0.710. The summed E-state index contributed by atoms with van der Waals surface area (Å²) in [6.07, 6.45) is 2.18. The van der Waals surface area contributed by atoms with Gasteiger partial charge in [-0.3, -0.25) is 9.59 Å². The van der Waals surface area contributed by atoms with Crippen LogP contribution in [0.2, 0.25) is 0 Å². The zero-order valence-corrected chi connectivity index (χ0v) is 19.2. The second kappa shape index (κ2) is 8.67. The fourth-order valence-corrected chi connectivity index (χ4v) is 5.62. The van der Waals surface area contributed by atoms with Gasteiger partial charge in [0.15, 0.2) is 0 Å². The fraction of sp³-hybridized carbons (Fsp3) is 0.636. The molecule has 1 unspecified atom stereocenters. The van der Waals surface area contributed by atoms with Gasteiger partial charge in [-0.1, -0.05) is 25.5 Å². The molecule has 166 valence electrons. The largest absolute Gasteiger partial charge is 0.340 e. The number of aryl methyl sites for hydroxylation is 1. The van der Waals surface area contributed by atoms with E-state index >= 15 is 0 Å². The van der Waals surface area contributed by atoms with E-state index in [4.69, 9.17) is 0 Å². The van der Waals surface area contributed by atoms with Crippen molar-refractivity contribution in [2.75, 3.05) is 32.7 Å². The van der Waals surface area contributed by atoms with Crippen molar-refractivity contribution in [3.05, 3.63) is 29.8 Å². The summed E-state index contributed by atoms with van der Waals surface area (Å²) in [7, 11) is -3.57. The molecule has 1 aromatic carbocycles. The highest BCUT2D eigenvalue weighted by Gasteiger charge is 2.41. The molecule has 2 aliphatic heterocycles. The van der Waals surface area contributed by atoms with Crippen LogP contribution in [0.3, 0.4) is 0 Å². The number of sulfonamides is 1. The van der Waals surface area contributed by atoms with E-state index in [0.717, 1.165) is 18.4 Å². The molecule has 2 saturated heterocycles. The van der Waals surface area contributed by atoms with Gasteiger partial charge in [-0.2, -0.15) is 4.31 Å². The molecule has 0 radical (unpaired) electrons. The lowest BCUT2D eigenvalue weighted by Gasteiger charge is -2.36. The highest BCUT2D eigenvalue weighted by atomic mass is 32.2. The summed E-state index contributed by atoms with van der Waals surface area (Å²) < 4.78 is 27.4. The summed E-state index contributed by atoms with van der Waals surface area (Å²) in [5, 5.41) is 0. The third-order valence-corrected chi connectivity index (χ3v) is 7.85. The molecule has 0 aromatic heterocycles. The molecule has 7 nitrogen and oxygen atoms in total. The standard InChI is InChI=1S/C22H33N3O4S/c1-5-6-17-7-9-19(10-8-17)30(28,29)24-13-11-23(12-14-24)21(27)18-15-20(26)25(16-18)22(2,3)4/h7-10,18H,5-6,11-16H2,1-4H3. The maximum atomic E-state index is 13.0. The number of carbonyl (C=O) groups is 2. The monoisotopic (exact) mass is 435 g/mol. The minimum Gasteiger partial charge on any atom is -0.340 e. The predicted molar refractivity (Wildman–Crippen MR) is 115 cm³/mol. The van der Waals surface area contributed by atoms with Gasteiger partial charge < -0.3 is 9.80 Å². The lowest BCUT2D eigenvalue weighted by molar-refractivity contribution is -0.137. The Hall–Kier alpha value is -1.93. The van der Waals surface area contributed by atoms with Crippen molar-refractivity contribution in [1.29, 1.82) is 0 Å². The van der Waals surface area contributed by atoms with E-state index in [1.54, 1.807) is 21.9 Å². The fourth-order valence-electron chi connectivity index (χ4n) is 4.19. The first kappa shape index (κ1) is 22.7. The van der Waals surface area contributed by atoms with Crippen LogP contribution >= 0.6 is 0 Å². The van der Waals surface area contributed by atoms with Crippen LogP contribution in [0.5, 0.6) is 0 Å². The van der Waals surface area contributed by atoms with E-state index in [1.165, 1.54) is 4.31 Å². The van der Waals surface area contributed by atoms with Crippen LogP contribution in [0.25, 0.3) is 0 Å². The maximum absolute atomic E-state index is 13.0. The molecule has 1 atom stereocenters. The van der Waals surface area contributed by atoms with Gasteiger partial charge in [0.2, 0.25) is 21.8 Å². The van der Waals surface area contributed by atoms with Gasteiger partial charge >= 0.3 is 0 Å². The average Bonchev–Trinajstić information content (AvgIpc) is 3.10. The van der Waals surface area contributed by atoms with Gasteiger partial charge in [-0.15, -0.1) is 0 Å². The number of amides is 2. The Morgan fingerprint density at radius 2 is 1.67 bits per heavy atom. The molecule has 0 aliphatic carbocycles. The van der Waals surface area contributed by atoms with Crippen LogP contribution < -0.4 is 0 Å². The molecule has 2 heterocycles. The number of hydrogen-bond acceptors (Lipinski definition) is 4. The molecule has 2 aliphatic rings. The molecular formula is C22H33N3O4S. The van der Waals surface area contributed by atoms with Crippen LogP contribution in [0.4, 0.5) is 0 Å². The van der Waals surface area contributed by atoms with E-state index in [0.29, 0.717) is 24.5 Å². The zero-order valence-electron chi connectivity index (χ0n) is 18.4. The highest BCUT2D eigenvalue weighted by molar-refractivity contribution is 7.89. The molecule has 30 heavy (non-hydrogen) atoms. The summed E-state index contributed by atoms with van der Waals surface area (Å²) in [5.74, 6) is -0.379. The SMILES string of the molecule is CCCc1ccc(S(=O)(=O)N2CCN(C(=O)C3CC(=O)N(C(C)(C)C)C3)CC2)cc1. The molecule has 0 saturated carbocycles. The van der Waals surface area contributed by atoms with Crippen LogP contribution in [-0.4, -0.2) is 72.6 Å². The minimum atomic E-state index is -3.57. The molecule has 2 fully saturated rings. The van der Waals surface area contributed by atoms with Crippen molar-refractivity contribution in [2.24, 2.45) is 5.92 Å². The highest BCUT2D eigenvalue weighted by Crippen LogP contribution is 2.28. The molecular weight excluding hydrogens is 402 g/mol. The second-order valence-electron chi connectivity index (χ2n) is 9.20. The van der Waals surface area contributed by atoms with Gasteiger partial charge in [0.1, 0.15) is 0 Å². The van der Waals surface area contributed by atoms with E-state index in [2.05, 4.69) is 6.92 Å². The van der Waals surface area contributed by atoms with E-state index in [9.17, 15) is 18.0 Å². The molecule has 0 bridgehead atoms. The van der Waals surface area contributed by atoms with Crippen LogP contribution in [0, 0.1) is 5.92 Å². The van der Waals surface area contributed by atoms with Crippen LogP contribution in [-0.2, 0) is 26.0 Å². The smallest absolute Gasteiger partial charge is 0.243 e. The first-order chi connectivity index (χ1) is 14.0. The number of nitrogens with zero attached hydrogens (tertiary/aromatic N) is 3. The molecule has 0 spiro atoms. The number of benzene rings is 1. The number of hydrogen-bond donors (Lipinski definition) is 0. The van der Waals surface area contributed by atoms with E-state index in [1.807, 2.05) is 32.9 Å². The number of rotatable bonds is 5. The molecule has 0 N–H and O–H groups in total. The Kier molecular flexibility index (Phi) is 6.57. The summed E-state index contributed by atoms with van der Waals surface area (Å²) in [6.45, 7) is 9.68. The molecule has 8 heteroatoms. The van der Waals surface area contributed by atoms with Crippen molar-refractivity contribution in [3.63, 3.8) is 0 Å². The van der Waals surface area contributed by atoms with Crippen LogP contribution in [0.1, 0.15) is 46.1 Å². The van der Waals surface area contributed by atoms with Gasteiger partial charge in [-0.05, 0) is 44.9 Å². The lowest BCUT2D eigenvalue weighted by Crippen LogP contribution is -2.52. The lowest BCUT2D eigenvalue weighted by atomic mass is 10.1. The first-order valence-corrected chi connectivity index (χ1v) is 12.2. The van der Waals surface area contributed by atoms with Gasteiger partial charge in [-0.25, -0.2) is 8.42 Å². The Morgan fingerprint density at radius 1 is 1.07 bits per heavy atom. The van der Waals surface area contributed by atoms with E-state index in [-0.39, 0.29) is 42.8 Å². The van der Waals surface area contributed by atoms with Crippen molar-refractivity contribution in [1.82, 2.24) is 14.1 Å². The maximum Gasteiger partial charge on any atom is 0.243 e. The van der Waals surface area contributed by atoms with Crippen molar-refractivity contribution < 1.29 is 18.0 Å². The Bertz CT molecular complexity index is 882. The Morgan fingerprint density at radius 3 is 2.17 bits per heavy atom. The second-order valence-corrected chi connectivity index (χ2v) is 11.1. The third kappa shape index (κ3) is 4.70. The Labute approximate surface area is 180 Å². The molecule has 2 amide bonds. The predicted octanol–water partition coefficient (Wildman–Crippen LogP) is 2.12. The first-order valence-electron chi connectivity index (χ1n) is 10.7. The number of carbonyl (C=O) groups excluding carboxylic acids is 2. The van der Waals surface area contributed by atoms with Gasteiger partial charge in [0.25, 0.3) is 0 Å². The third-order valence-electron chi connectivity index (χ3n) is 5.93. The summed E-state index contributed by atoms with van der Waals surface area (Å²) in [5.41, 5.74) is 0.827. The normalized spacial score (nSPS) is 21.3. The number of piperazine rings is 1. The van der Waals surface area contributed by atoms with Crippen LogP contribution in [0.15, 0.2) is 29.2 Å². The average molecular weight is 436 g/mol. The van der Waals surface area contributed by atoms with Gasteiger partial charge in [0, 0.05) is 44.7 Å². The topological polar surface area (TPSA) is 78.0 Å². The van der Waals surface area contributed by atoms with Crippen molar-refractivity contribution in [3.8, 4) is 0 Å². The Balaban J connectivity index is 1.60. The van der Waals surface area contributed by atoms with Gasteiger partial charge in [0.05, 0.1) is 10.8 Å². The number of likely N-dealkylation sites (tertiary alicyclic amines) is 1. The van der Waals surface area contributed by atoms with E-state index < -0.39 is 10.0 Å². The summed E-state index contributed by atoms with van der Waals surface area (Å²) in [4.78, 5) is 29.0. The van der Waals surface area contributed by atoms with Crippen molar-refractivity contribution >= 4 is 21.8 Å².